The van der Waals surface area contributed by atoms with E-state index < -0.39 is 0 Å². The highest BCUT2D eigenvalue weighted by Crippen LogP contribution is 2.42. The molecule has 0 aromatic rings. The first-order chi connectivity index (χ1) is 10.3. The van der Waals surface area contributed by atoms with E-state index in [9.17, 15) is 4.79 Å². The molecule has 2 fully saturated rings. The van der Waals surface area contributed by atoms with Crippen molar-refractivity contribution in [3.63, 3.8) is 0 Å². The molecular weight excluding hydrogens is 264 g/mol. The van der Waals surface area contributed by atoms with Crippen LogP contribution in [0.4, 0.5) is 0 Å². The fraction of sp³-hybridized carbons (Fsp3) is 0.647. The van der Waals surface area contributed by atoms with Crippen molar-refractivity contribution in [3.05, 3.63) is 23.3 Å². The number of carbonyl (C=O) groups is 1. The van der Waals surface area contributed by atoms with Crippen LogP contribution in [0, 0.1) is 11.8 Å². The van der Waals surface area contributed by atoms with E-state index in [-0.39, 0.29) is 12.1 Å². The van der Waals surface area contributed by atoms with E-state index in [1.807, 2.05) is 6.21 Å². The summed E-state index contributed by atoms with van der Waals surface area (Å²) in [5.74, 6) is 0.727. The van der Waals surface area contributed by atoms with Gasteiger partial charge < -0.3 is 4.74 Å². The van der Waals surface area contributed by atoms with Crippen LogP contribution >= 0.6 is 0 Å². The van der Waals surface area contributed by atoms with E-state index in [0.717, 1.165) is 25.9 Å². The number of morpholine rings is 1. The molecule has 4 heteroatoms. The van der Waals surface area contributed by atoms with E-state index in [4.69, 9.17) is 4.74 Å². The lowest BCUT2D eigenvalue weighted by molar-refractivity contribution is -0.164. The summed E-state index contributed by atoms with van der Waals surface area (Å²) in [7, 11) is 0. The van der Waals surface area contributed by atoms with Gasteiger partial charge in [0.15, 0.2) is 0 Å². The number of aliphatic imine (C=N–C) groups is 1. The topological polar surface area (TPSA) is 41.9 Å². The van der Waals surface area contributed by atoms with Crippen molar-refractivity contribution >= 4 is 12.2 Å². The molecule has 0 bridgehead atoms. The van der Waals surface area contributed by atoms with Gasteiger partial charge in [-0.25, -0.2) is 0 Å². The van der Waals surface area contributed by atoms with E-state index >= 15 is 0 Å². The van der Waals surface area contributed by atoms with Crippen molar-refractivity contribution in [2.24, 2.45) is 16.8 Å². The number of nitrogens with zero attached hydrogens (tertiary/aromatic N) is 2. The lowest BCUT2D eigenvalue weighted by Crippen LogP contribution is -2.56. The van der Waals surface area contributed by atoms with Gasteiger partial charge in [-0.2, -0.15) is 0 Å². The fourth-order valence-corrected chi connectivity index (χ4v) is 4.27. The summed E-state index contributed by atoms with van der Waals surface area (Å²) in [5.41, 5.74) is 2.75. The minimum atomic E-state index is -0.0684. The molecular formula is C17H22N2O2. The largest absolute Gasteiger partial charge is 0.455 e. The van der Waals surface area contributed by atoms with Crippen molar-refractivity contribution in [2.75, 3.05) is 19.6 Å². The summed E-state index contributed by atoms with van der Waals surface area (Å²) in [4.78, 5) is 18.7. The van der Waals surface area contributed by atoms with Crippen LogP contribution in [0.5, 0.6) is 0 Å². The van der Waals surface area contributed by atoms with Gasteiger partial charge in [0, 0.05) is 18.1 Å². The Hall–Kier alpha value is -1.42. The first-order valence-electron chi connectivity index (χ1n) is 8.12. The summed E-state index contributed by atoms with van der Waals surface area (Å²) in [6.07, 6.45) is 10.1. The van der Waals surface area contributed by atoms with Crippen molar-refractivity contribution in [3.8, 4) is 0 Å². The van der Waals surface area contributed by atoms with Gasteiger partial charge in [-0.15, -0.1) is 0 Å². The summed E-state index contributed by atoms with van der Waals surface area (Å²) >= 11 is 0. The number of esters is 1. The highest BCUT2D eigenvalue weighted by atomic mass is 16.5. The zero-order chi connectivity index (χ0) is 14.4. The number of carbonyl (C=O) groups excluding carboxylic acids is 1. The first kappa shape index (κ1) is 13.3. The molecule has 0 radical (unpaired) electrons. The van der Waals surface area contributed by atoms with Crippen molar-refractivity contribution in [1.82, 2.24) is 4.90 Å². The maximum atomic E-state index is 12.0. The molecule has 4 atom stereocenters. The number of rotatable bonds is 2. The average Bonchev–Trinajstić information content (AvgIpc) is 2.92. The Morgan fingerprint density at radius 1 is 1.38 bits per heavy atom. The second kappa shape index (κ2) is 5.09. The van der Waals surface area contributed by atoms with Gasteiger partial charge >= 0.3 is 5.97 Å². The number of fused-ring (bicyclic) bond motifs is 4. The van der Waals surface area contributed by atoms with Gasteiger partial charge in [0.1, 0.15) is 6.10 Å². The third-order valence-electron chi connectivity index (χ3n) is 5.21. The standard InChI is InChI=1S/C17H22N2O2/c1-2-5-19-10-16(20)21-17-14-7-13-9-18-8-12(13)6-11(14)3-4-15(17)19/h6-7,9,11,13,15,17H,2-5,8,10H2,1H3/t11?,13?,15-,17-/m1/s1. The number of ether oxygens (including phenoxy) is 1. The molecule has 4 aliphatic rings. The molecule has 112 valence electrons. The van der Waals surface area contributed by atoms with E-state index in [1.54, 1.807) is 0 Å². The van der Waals surface area contributed by atoms with Crippen LogP contribution in [0.15, 0.2) is 28.3 Å². The Morgan fingerprint density at radius 3 is 3.14 bits per heavy atom. The van der Waals surface area contributed by atoms with Gasteiger partial charge in [-0.05, 0) is 37.0 Å². The molecule has 0 amide bonds. The summed E-state index contributed by atoms with van der Waals surface area (Å²) in [5, 5.41) is 0. The van der Waals surface area contributed by atoms with Gasteiger partial charge in [0.2, 0.25) is 0 Å². The van der Waals surface area contributed by atoms with Crippen LogP contribution in [0.25, 0.3) is 0 Å². The van der Waals surface area contributed by atoms with Crippen LogP contribution in [0.3, 0.4) is 0 Å². The minimum Gasteiger partial charge on any atom is -0.455 e. The smallest absolute Gasteiger partial charge is 0.320 e. The van der Waals surface area contributed by atoms with Crippen molar-refractivity contribution in [2.45, 2.75) is 38.3 Å². The van der Waals surface area contributed by atoms with Crippen LogP contribution < -0.4 is 0 Å². The van der Waals surface area contributed by atoms with Gasteiger partial charge in [-0.1, -0.05) is 19.1 Å². The normalized spacial score (nSPS) is 38.0. The second-order valence-corrected chi connectivity index (χ2v) is 6.56. The van der Waals surface area contributed by atoms with Gasteiger partial charge in [0.25, 0.3) is 0 Å². The summed E-state index contributed by atoms with van der Waals surface area (Å²) in [6.45, 7) is 4.46. The van der Waals surface area contributed by atoms with Crippen LogP contribution in [-0.4, -0.2) is 48.9 Å². The predicted molar refractivity (Wildman–Crippen MR) is 81.3 cm³/mol. The quantitative estimate of drug-likeness (QED) is 0.576. The second-order valence-electron chi connectivity index (χ2n) is 6.56. The monoisotopic (exact) mass is 286 g/mol. The Kier molecular flexibility index (Phi) is 3.21. The fourth-order valence-electron chi connectivity index (χ4n) is 4.27. The molecule has 0 spiro atoms. The third kappa shape index (κ3) is 2.16. The number of hydrogen-bond donors (Lipinski definition) is 0. The lowest BCUT2D eigenvalue weighted by Gasteiger charge is -2.47. The minimum absolute atomic E-state index is 0.0386. The Labute approximate surface area is 125 Å². The Morgan fingerprint density at radius 2 is 2.29 bits per heavy atom. The van der Waals surface area contributed by atoms with E-state index in [0.29, 0.717) is 24.4 Å². The summed E-state index contributed by atoms with van der Waals surface area (Å²) < 4.78 is 5.76. The first-order valence-corrected chi connectivity index (χ1v) is 8.12. The number of allylic oxidation sites excluding steroid dienone is 2. The highest BCUT2D eigenvalue weighted by molar-refractivity contribution is 5.75. The average molecular weight is 286 g/mol. The molecule has 4 rings (SSSR count). The van der Waals surface area contributed by atoms with Crippen molar-refractivity contribution < 1.29 is 9.53 Å². The maximum Gasteiger partial charge on any atom is 0.320 e. The SMILES string of the molecule is CCCN1CC(=O)O[C@@H]2C3=CC4C=NCC4=CC3CC[C@H]21. The van der Waals surface area contributed by atoms with Crippen LogP contribution in [0.2, 0.25) is 0 Å². The molecule has 4 nitrogen and oxygen atoms in total. The molecule has 2 aliphatic carbocycles. The zero-order valence-electron chi connectivity index (χ0n) is 12.5. The highest BCUT2D eigenvalue weighted by Gasteiger charge is 2.44. The third-order valence-corrected chi connectivity index (χ3v) is 5.21. The Bertz CT molecular complexity index is 549. The molecule has 1 saturated carbocycles. The van der Waals surface area contributed by atoms with Crippen LogP contribution in [-0.2, 0) is 9.53 Å². The van der Waals surface area contributed by atoms with Crippen molar-refractivity contribution in [1.29, 1.82) is 0 Å². The Balaban J connectivity index is 1.64. The lowest BCUT2D eigenvalue weighted by atomic mass is 9.72. The molecule has 2 heterocycles. The maximum absolute atomic E-state index is 12.0. The van der Waals surface area contributed by atoms with Gasteiger partial charge in [0.05, 0.1) is 19.1 Å². The molecule has 0 aromatic carbocycles. The van der Waals surface area contributed by atoms with Crippen LogP contribution in [0.1, 0.15) is 26.2 Å². The molecule has 21 heavy (non-hydrogen) atoms. The van der Waals surface area contributed by atoms with E-state index in [2.05, 4.69) is 29.0 Å². The van der Waals surface area contributed by atoms with E-state index in [1.165, 1.54) is 17.6 Å². The molecule has 2 unspecified atom stereocenters. The molecule has 2 aliphatic heterocycles. The summed E-state index contributed by atoms with van der Waals surface area (Å²) in [6, 6.07) is 0.374. The molecule has 1 saturated heterocycles. The molecule has 0 N–H and O–H groups in total. The van der Waals surface area contributed by atoms with Gasteiger partial charge in [-0.3, -0.25) is 14.7 Å². The number of hydrogen-bond acceptors (Lipinski definition) is 4. The molecule has 0 aromatic heterocycles. The zero-order valence-corrected chi connectivity index (χ0v) is 12.5. The predicted octanol–water partition coefficient (Wildman–Crippen LogP) is 1.97.